The number of fused-ring (bicyclic) bond motifs is 1. The van der Waals surface area contributed by atoms with Crippen molar-refractivity contribution in [1.82, 2.24) is 9.80 Å². The normalized spacial score (nSPS) is 22.7. The van der Waals surface area contributed by atoms with E-state index in [0.717, 1.165) is 69.4 Å². The largest absolute Gasteiger partial charge is 0.383 e. The third-order valence-electron chi connectivity index (χ3n) is 5.03. The van der Waals surface area contributed by atoms with Gasteiger partial charge in [-0.1, -0.05) is 6.92 Å². The van der Waals surface area contributed by atoms with Gasteiger partial charge in [-0.3, -0.25) is 9.69 Å². The van der Waals surface area contributed by atoms with E-state index in [0.29, 0.717) is 0 Å². The van der Waals surface area contributed by atoms with Crippen molar-refractivity contribution in [1.29, 1.82) is 0 Å². The molecule has 0 radical (unpaired) electrons. The lowest BCUT2D eigenvalue weighted by Crippen LogP contribution is -2.35. The fourth-order valence-electron chi connectivity index (χ4n) is 3.59. The van der Waals surface area contributed by atoms with Crippen LogP contribution >= 0.6 is 11.3 Å². The van der Waals surface area contributed by atoms with E-state index >= 15 is 0 Å². The van der Waals surface area contributed by atoms with Gasteiger partial charge in [0, 0.05) is 38.2 Å². The first kappa shape index (κ1) is 16.9. The monoisotopic (exact) mass is 336 g/mol. The molecule has 1 amide bonds. The minimum absolute atomic E-state index is 0.241. The van der Waals surface area contributed by atoms with Crippen LogP contribution in [0, 0.1) is 5.92 Å². The fraction of sp³-hybridized carbons (Fsp3) is 0.722. The molecule has 5 heteroatoms. The molecule has 2 heterocycles. The van der Waals surface area contributed by atoms with E-state index in [9.17, 15) is 4.79 Å². The predicted octanol–water partition coefficient (Wildman–Crippen LogP) is 2.67. The van der Waals surface area contributed by atoms with Crippen LogP contribution in [0.3, 0.4) is 0 Å². The number of carbonyl (C=O) groups excluding carboxylic acids is 1. The molecule has 1 aromatic heterocycles. The zero-order valence-corrected chi connectivity index (χ0v) is 15.2. The number of hydrogen-bond donors (Lipinski definition) is 0. The Morgan fingerprint density at radius 1 is 1.35 bits per heavy atom. The van der Waals surface area contributed by atoms with Gasteiger partial charge in [0.25, 0.3) is 5.91 Å². The summed E-state index contributed by atoms with van der Waals surface area (Å²) < 4.78 is 5.16. The van der Waals surface area contributed by atoms with E-state index in [-0.39, 0.29) is 5.91 Å². The summed E-state index contributed by atoms with van der Waals surface area (Å²) in [5, 5.41) is 0. The maximum absolute atomic E-state index is 12.9. The Morgan fingerprint density at radius 2 is 2.22 bits per heavy atom. The van der Waals surface area contributed by atoms with Gasteiger partial charge in [0.1, 0.15) is 0 Å². The molecule has 128 valence electrons. The minimum Gasteiger partial charge on any atom is -0.383 e. The summed E-state index contributed by atoms with van der Waals surface area (Å²) in [6.45, 7) is 7.77. The van der Waals surface area contributed by atoms with Crippen LogP contribution in [-0.2, 0) is 17.6 Å². The molecule has 1 atom stereocenters. The molecule has 1 aliphatic carbocycles. The van der Waals surface area contributed by atoms with Gasteiger partial charge in [0.15, 0.2) is 0 Å². The SMILES string of the molecule is COCCN1CCCN(C(=O)c2cc3c(s2)CC[C@@H](C)C3)CC1. The Balaban J connectivity index is 1.62. The summed E-state index contributed by atoms with van der Waals surface area (Å²) in [7, 11) is 1.74. The zero-order chi connectivity index (χ0) is 16.2. The second-order valence-electron chi connectivity index (χ2n) is 6.89. The predicted molar refractivity (Wildman–Crippen MR) is 94.3 cm³/mol. The van der Waals surface area contributed by atoms with Crippen LogP contribution in [0.4, 0.5) is 0 Å². The van der Waals surface area contributed by atoms with Crippen molar-refractivity contribution in [3.8, 4) is 0 Å². The van der Waals surface area contributed by atoms with Crippen molar-refractivity contribution < 1.29 is 9.53 Å². The number of methoxy groups -OCH3 is 1. The highest BCUT2D eigenvalue weighted by molar-refractivity contribution is 7.14. The van der Waals surface area contributed by atoms with E-state index in [1.54, 1.807) is 18.4 Å². The van der Waals surface area contributed by atoms with Crippen molar-refractivity contribution >= 4 is 17.2 Å². The first-order valence-electron chi connectivity index (χ1n) is 8.79. The maximum atomic E-state index is 12.9. The van der Waals surface area contributed by atoms with Gasteiger partial charge < -0.3 is 9.64 Å². The average molecular weight is 337 g/mol. The van der Waals surface area contributed by atoms with Crippen molar-refractivity contribution in [3.05, 3.63) is 21.4 Å². The van der Waals surface area contributed by atoms with Crippen molar-refractivity contribution in [2.24, 2.45) is 5.92 Å². The summed E-state index contributed by atoms with van der Waals surface area (Å²) in [6, 6.07) is 2.17. The Kier molecular flexibility index (Phi) is 5.72. The van der Waals surface area contributed by atoms with E-state index in [2.05, 4.69) is 17.9 Å². The fourth-order valence-corrected chi connectivity index (χ4v) is 4.76. The third-order valence-corrected chi connectivity index (χ3v) is 6.25. The van der Waals surface area contributed by atoms with Crippen LogP contribution in [-0.4, -0.2) is 62.1 Å². The van der Waals surface area contributed by atoms with Gasteiger partial charge in [-0.25, -0.2) is 0 Å². The molecule has 0 aromatic carbocycles. The Hall–Kier alpha value is -0.910. The second kappa shape index (κ2) is 7.77. The molecular weight excluding hydrogens is 308 g/mol. The number of carbonyl (C=O) groups is 1. The number of hydrogen-bond acceptors (Lipinski definition) is 4. The van der Waals surface area contributed by atoms with E-state index in [4.69, 9.17) is 4.74 Å². The summed E-state index contributed by atoms with van der Waals surface area (Å²) >= 11 is 1.74. The van der Waals surface area contributed by atoms with E-state index in [1.807, 2.05) is 4.90 Å². The molecule has 4 nitrogen and oxygen atoms in total. The quantitative estimate of drug-likeness (QED) is 0.847. The molecule has 0 N–H and O–H groups in total. The zero-order valence-electron chi connectivity index (χ0n) is 14.3. The molecule has 0 spiro atoms. The maximum Gasteiger partial charge on any atom is 0.263 e. The van der Waals surface area contributed by atoms with Crippen LogP contribution in [0.5, 0.6) is 0 Å². The van der Waals surface area contributed by atoms with Gasteiger partial charge in [-0.2, -0.15) is 0 Å². The van der Waals surface area contributed by atoms with Gasteiger partial charge in [0.05, 0.1) is 11.5 Å². The highest BCUT2D eigenvalue weighted by Gasteiger charge is 2.25. The van der Waals surface area contributed by atoms with Crippen LogP contribution < -0.4 is 0 Å². The average Bonchev–Trinajstić information content (AvgIpc) is 2.82. The molecule has 3 rings (SSSR count). The molecule has 1 saturated heterocycles. The number of rotatable bonds is 4. The van der Waals surface area contributed by atoms with Crippen molar-refractivity contribution in [3.63, 3.8) is 0 Å². The number of thiophene rings is 1. The highest BCUT2D eigenvalue weighted by Crippen LogP contribution is 2.32. The molecule has 1 aromatic rings. The number of nitrogens with zero attached hydrogens (tertiary/aromatic N) is 2. The van der Waals surface area contributed by atoms with E-state index in [1.165, 1.54) is 16.9 Å². The number of ether oxygens (including phenoxy) is 1. The van der Waals surface area contributed by atoms with Crippen LogP contribution in [0.2, 0.25) is 0 Å². The molecule has 0 bridgehead atoms. The smallest absolute Gasteiger partial charge is 0.263 e. The molecule has 1 fully saturated rings. The highest BCUT2D eigenvalue weighted by atomic mass is 32.1. The molecule has 0 saturated carbocycles. The number of aryl methyl sites for hydroxylation is 1. The Labute approximate surface area is 143 Å². The lowest BCUT2D eigenvalue weighted by molar-refractivity contribution is 0.0764. The summed E-state index contributed by atoms with van der Waals surface area (Å²) in [4.78, 5) is 19.7. The lowest BCUT2D eigenvalue weighted by atomic mass is 9.90. The lowest BCUT2D eigenvalue weighted by Gasteiger charge is -2.21. The summed E-state index contributed by atoms with van der Waals surface area (Å²) in [5.41, 5.74) is 1.42. The van der Waals surface area contributed by atoms with Crippen LogP contribution in [0.1, 0.15) is 39.9 Å². The number of amides is 1. The van der Waals surface area contributed by atoms with Crippen molar-refractivity contribution in [2.45, 2.75) is 32.6 Å². The summed E-state index contributed by atoms with van der Waals surface area (Å²) in [5.74, 6) is 0.998. The molecule has 0 unspecified atom stereocenters. The molecular formula is C18H28N2O2S. The topological polar surface area (TPSA) is 32.8 Å². The molecule has 1 aliphatic heterocycles. The Morgan fingerprint density at radius 3 is 3.04 bits per heavy atom. The van der Waals surface area contributed by atoms with Gasteiger partial charge >= 0.3 is 0 Å². The van der Waals surface area contributed by atoms with Gasteiger partial charge in [-0.05, 0) is 49.8 Å². The van der Waals surface area contributed by atoms with Gasteiger partial charge in [0.2, 0.25) is 0 Å². The minimum atomic E-state index is 0.241. The first-order chi connectivity index (χ1) is 11.2. The van der Waals surface area contributed by atoms with Crippen LogP contribution in [0.25, 0.3) is 0 Å². The first-order valence-corrected chi connectivity index (χ1v) is 9.61. The summed E-state index contributed by atoms with van der Waals surface area (Å²) in [6.07, 6.45) is 4.61. The van der Waals surface area contributed by atoms with Crippen molar-refractivity contribution in [2.75, 3.05) is 46.4 Å². The second-order valence-corrected chi connectivity index (χ2v) is 8.02. The molecule has 2 aliphatic rings. The molecule has 23 heavy (non-hydrogen) atoms. The third kappa shape index (κ3) is 4.14. The van der Waals surface area contributed by atoms with Gasteiger partial charge in [-0.15, -0.1) is 11.3 Å². The van der Waals surface area contributed by atoms with E-state index < -0.39 is 0 Å². The Bertz CT molecular complexity index is 543. The standard InChI is InChI=1S/C18H28N2O2S/c1-14-4-5-16-15(12-14)13-17(23-16)18(21)20-7-3-6-19(8-9-20)10-11-22-2/h13-14H,3-12H2,1-2H3/t14-/m1/s1. The van der Waals surface area contributed by atoms with Crippen LogP contribution in [0.15, 0.2) is 6.07 Å².